The standard InChI is InChI=1S/C29H26N6O2/c1-31-18-23-6-2-4-21(15-23)14-20-8-10-25(11-9-20)34-12-13-35-27(29(34)37)26(19-32-35)28(36)33-24-7-3-5-22(16-24)17-30/h2-11,15-16,19,31H,12-14,18H2,1H3,(H,33,36). The first kappa shape index (κ1) is 24.0. The van der Waals surface area contributed by atoms with Crippen LogP contribution in [0.2, 0.25) is 0 Å². The summed E-state index contributed by atoms with van der Waals surface area (Å²) in [6.45, 7) is 1.77. The molecular formula is C29H26N6O2. The second kappa shape index (κ2) is 10.5. The lowest BCUT2D eigenvalue weighted by molar-refractivity contribution is 0.0947. The molecule has 1 aromatic heterocycles. The van der Waals surface area contributed by atoms with Crippen LogP contribution in [0, 0.1) is 11.3 Å². The van der Waals surface area contributed by atoms with Crippen LogP contribution in [0.15, 0.2) is 79.0 Å². The summed E-state index contributed by atoms with van der Waals surface area (Å²) in [6, 6.07) is 25.1. The largest absolute Gasteiger partial charge is 0.322 e. The number of carbonyl (C=O) groups excluding carboxylic acids is 2. The van der Waals surface area contributed by atoms with Gasteiger partial charge in [0.2, 0.25) is 0 Å². The monoisotopic (exact) mass is 490 g/mol. The van der Waals surface area contributed by atoms with Gasteiger partial charge in [-0.1, -0.05) is 42.5 Å². The first-order chi connectivity index (χ1) is 18.1. The number of carbonyl (C=O) groups is 2. The summed E-state index contributed by atoms with van der Waals surface area (Å²) >= 11 is 0. The SMILES string of the molecule is CNCc1cccc(Cc2ccc(N3CCn4ncc(C(=O)Nc5cccc(C#N)c5)c4C3=O)cc2)c1. The zero-order valence-corrected chi connectivity index (χ0v) is 20.4. The minimum atomic E-state index is -0.442. The number of nitrogens with zero attached hydrogens (tertiary/aromatic N) is 4. The number of hydrogen-bond donors (Lipinski definition) is 2. The van der Waals surface area contributed by atoms with E-state index >= 15 is 0 Å². The molecule has 0 radical (unpaired) electrons. The number of aromatic nitrogens is 2. The van der Waals surface area contributed by atoms with Crippen molar-refractivity contribution in [1.29, 1.82) is 5.26 Å². The molecule has 0 spiro atoms. The lowest BCUT2D eigenvalue weighted by Gasteiger charge is -2.28. The first-order valence-electron chi connectivity index (χ1n) is 12.1. The molecule has 2 N–H and O–H groups in total. The predicted octanol–water partition coefficient (Wildman–Crippen LogP) is 3.98. The summed E-state index contributed by atoms with van der Waals surface area (Å²) in [5, 5.41) is 19.3. The van der Waals surface area contributed by atoms with E-state index in [9.17, 15) is 9.59 Å². The van der Waals surface area contributed by atoms with Gasteiger partial charge in [0, 0.05) is 24.5 Å². The maximum Gasteiger partial charge on any atom is 0.277 e. The van der Waals surface area contributed by atoms with Gasteiger partial charge in [0.1, 0.15) is 5.69 Å². The van der Waals surface area contributed by atoms with Gasteiger partial charge in [-0.25, -0.2) is 0 Å². The van der Waals surface area contributed by atoms with E-state index in [0.29, 0.717) is 24.3 Å². The Bertz CT molecular complexity index is 1500. The average Bonchev–Trinajstić information content (AvgIpc) is 3.35. The van der Waals surface area contributed by atoms with Gasteiger partial charge in [0.05, 0.1) is 29.9 Å². The van der Waals surface area contributed by atoms with Crippen molar-refractivity contribution in [2.24, 2.45) is 0 Å². The second-order valence-corrected chi connectivity index (χ2v) is 8.93. The summed E-state index contributed by atoms with van der Waals surface area (Å²) in [5.41, 5.74) is 5.78. The van der Waals surface area contributed by atoms with E-state index < -0.39 is 5.91 Å². The quantitative estimate of drug-likeness (QED) is 0.408. The molecule has 0 aliphatic carbocycles. The molecule has 4 aromatic rings. The maximum absolute atomic E-state index is 13.5. The van der Waals surface area contributed by atoms with Crippen molar-refractivity contribution in [3.63, 3.8) is 0 Å². The Morgan fingerprint density at radius 1 is 1.00 bits per heavy atom. The van der Waals surface area contributed by atoms with E-state index in [2.05, 4.69) is 46.1 Å². The summed E-state index contributed by atoms with van der Waals surface area (Å²) in [7, 11) is 1.93. The minimum absolute atomic E-state index is 0.204. The Hall–Kier alpha value is -4.74. The van der Waals surface area contributed by atoms with E-state index in [-0.39, 0.29) is 17.2 Å². The Labute approximate surface area is 215 Å². The van der Waals surface area contributed by atoms with Crippen molar-refractivity contribution in [1.82, 2.24) is 15.1 Å². The molecular weight excluding hydrogens is 464 g/mol. The van der Waals surface area contributed by atoms with Crippen LogP contribution >= 0.6 is 0 Å². The van der Waals surface area contributed by atoms with Gasteiger partial charge >= 0.3 is 0 Å². The van der Waals surface area contributed by atoms with Crippen molar-refractivity contribution < 1.29 is 9.59 Å². The Morgan fingerprint density at radius 3 is 2.57 bits per heavy atom. The van der Waals surface area contributed by atoms with Crippen molar-refractivity contribution in [3.05, 3.63) is 113 Å². The van der Waals surface area contributed by atoms with Crippen LogP contribution < -0.4 is 15.5 Å². The first-order valence-corrected chi connectivity index (χ1v) is 12.1. The number of anilines is 2. The molecule has 5 rings (SSSR count). The van der Waals surface area contributed by atoms with E-state index in [1.54, 1.807) is 33.8 Å². The summed E-state index contributed by atoms with van der Waals surface area (Å²) in [5.74, 6) is -0.713. The average molecular weight is 491 g/mol. The predicted molar refractivity (Wildman–Crippen MR) is 141 cm³/mol. The van der Waals surface area contributed by atoms with Crippen LogP contribution in [0.4, 0.5) is 11.4 Å². The molecule has 1 aliphatic heterocycles. The van der Waals surface area contributed by atoms with Gasteiger partial charge in [-0.05, 0) is 60.5 Å². The highest BCUT2D eigenvalue weighted by molar-refractivity contribution is 6.15. The molecule has 8 nitrogen and oxygen atoms in total. The zero-order valence-electron chi connectivity index (χ0n) is 20.4. The molecule has 0 atom stereocenters. The van der Waals surface area contributed by atoms with Crippen LogP contribution in [-0.2, 0) is 19.5 Å². The Balaban J connectivity index is 1.32. The smallest absolute Gasteiger partial charge is 0.277 e. The molecule has 0 unspecified atom stereocenters. The van der Waals surface area contributed by atoms with Crippen molar-refractivity contribution in [3.8, 4) is 6.07 Å². The highest BCUT2D eigenvalue weighted by atomic mass is 16.2. The number of rotatable bonds is 7. The van der Waals surface area contributed by atoms with Crippen LogP contribution in [0.25, 0.3) is 0 Å². The number of nitriles is 1. The van der Waals surface area contributed by atoms with E-state index in [1.807, 2.05) is 31.3 Å². The van der Waals surface area contributed by atoms with Gasteiger partial charge in [-0.15, -0.1) is 0 Å². The molecule has 3 aromatic carbocycles. The highest BCUT2D eigenvalue weighted by Gasteiger charge is 2.32. The van der Waals surface area contributed by atoms with E-state index in [0.717, 1.165) is 24.2 Å². The third-order valence-corrected chi connectivity index (χ3v) is 6.35. The van der Waals surface area contributed by atoms with Gasteiger partial charge in [0.25, 0.3) is 11.8 Å². The third-order valence-electron chi connectivity index (χ3n) is 6.35. The van der Waals surface area contributed by atoms with Gasteiger partial charge in [-0.3, -0.25) is 14.3 Å². The van der Waals surface area contributed by atoms with Crippen LogP contribution in [0.1, 0.15) is 43.1 Å². The molecule has 1 aliphatic rings. The number of hydrogen-bond acceptors (Lipinski definition) is 5. The zero-order chi connectivity index (χ0) is 25.8. The normalized spacial score (nSPS) is 12.6. The third kappa shape index (κ3) is 5.13. The van der Waals surface area contributed by atoms with Gasteiger partial charge < -0.3 is 15.5 Å². The van der Waals surface area contributed by atoms with Crippen LogP contribution in [-0.4, -0.2) is 35.2 Å². The van der Waals surface area contributed by atoms with Crippen LogP contribution in [0.5, 0.6) is 0 Å². The van der Waals surface area contributed by atoms with Crippen molar-refractivity contribution in [2.75, 3.05) is 23.8 Å². The number of amides is 2. The maximum atomic E-state index is 13.5. The molecule has 0 fully saturated rings. The number of fused-ring (bicyclic) bond motifs is 1. The lowest BCUT2D eigenvalue weighted by Crippen LogP contribution is -2.41. The molecule has 0 saturated carbocycles. The van der Waals surface area contributed by atoms with E-state index in [1.165, 1.54) is 17.3 Å². The van der Waals surface area contributed by atoms with Gasteiger partial charge in [0.15, 0.2) is 0 Å². The molecule has 2 heterocycles. The number of nitrogens with one attached hydrogen (secondary N) is 2. The Kier molecular flexibility index (Phi) is 6.79. The molecule has 8 heteroatoms. The second-order valence-electron chi connectivity index (χ2n) is 8.93. The van der Waals surface area contributed by atoms with Crippen molar-refractivity contribution in [2.45, 2.75) is 19.5 Å². The molecule has 37 heavy (non-hydrogen) atoms. The number of benzene rings is 3. The van der Waals surface area contributed by atoms with Gasteiger partial charge in [-0.2, -0.15) is 10.4 Å². The Morgan fingerprint density at radius 2 is 1.78 bits per heavy atom. The topological polar surface area (TPSA) is 103 Å². The summed E-state index contributed by atoms with van der Waals surface area (Å²) in [6.07, 6.45) is 2.22. The van der Waals surface area contributed by atoms with Crippen molar-refractivity contribution >= 4 is 23.2 Å². The fourth-order valence-corrected chi connectivity index (χ4v) is 4.57. The molecule has 0 saturated heterocycles. The fraction of sp³-hybridized carbons (Fsp3) is 0.172. The highest BCUT2D eigenvalue weighted by Crippen LogP contribution is 2.25. The van der Waals surface area contributed by atoms with E-state index in [4.69, 9.17) is 5.26 Å². The molecule has 0 bridgehead atoms. The fourth-order valence-electron chi connectivity index (χ4n) is 4.57. The molecule has 184 valence electrons. The molecule has 2 amide bonds. The van der Waals surface area contributed by atoms with Crippen LogP contribution in [0.3, 0.4) is 0 Å². The minimum Gasteiger partial charge on any atom is -0.322 e. The lowest BCUT2D eigenvalue weighted by atomic mass is 10.0. The summed E-state index contributed by atoms with van der Waals surface area (Å²) < 4.78 is 1.58. The summed E-state index contributed by atoms with van der Waals surface area (Å²) in [4.78, 5) is 28.1.